The van der Waals surface area contributed by atoms with Crippen LogP contribution in [0.25, 0.3) is 5.78 Å². The maximum Gasteiger partial charge on any atom is 0.254 e. The Labute approximate surface area is 116 Å². The molecule has 1 aliphatic heterocycles. The largest absolute Gasteiger partial charge is 0.385 e. The van der Waals surface area contributed by atoms with E-state index in [0.717, 1.165) is 24.4 Å². The molecule has 0 bridgehead atoms. The fourth-order valence-electron chi connectivity index (χ4n) is 2.54. The van der Waals surface area contributed by atoms with Gasteiger partial charge in [-0.05, 0) is 6.42 Å². The van der Waals surface area contributed by atoms with Crippen LogP contribution in [0.2, 0.25) is 0 Å². The smallest absolute Gasteiger partial charge is 0.254 e. The molecule has 2 aromatic heterocycles. The molecule has 20 heavy (non-hydrogen) atoms. The molecule has 0 aliphatic carbocycles. The zero-order valence-electron chi connectivity index (χ0n) is 11.3. The van der Waals surface area contributed by atoms with E-state index in [1.165, 1.54) is 6.33 Å². The first-order chi connectivity index (χ1) is 9.65. The van der Waals surface area contributed by atoms with Crippen molar-refractivity contribution in [2.45, 2.75) is 31.8 Å². The van der Waals surface area contributed by atoms with E-state index in [9.17, 15) is 5.11 Å². The fraction of sp³-hybridized carbons (Fsp3) is 0.538. The first kappa shape index (κ1) is 12.8. The molecule has 3 heterocycles. The minimum Gasteiger partial charge on any atom is -0.385 e. The second-order valence-electron chi connectivity index (χ2n) is 5.24. The van der Waals surface area contributed by atoms with Gasteiger partial charge in [0.05, 0.1) is 25.6 Å². The lowest BCUT2D eigenvalue weighted by Gasteiger charge is -2.46. The van der Waals surface area contributed by atoms with E-state index in [2.05, 4.69) is 22.0 Å². The number of aryl methyl sites for hydroxylation is 1. The highest BCUT2D eigenvalue weighted by molar-refractivity contribution is 5.50. The minimum atomic E-state index is -0.907. The summed E-state index contributed by atoms with van der Waals surface area (Å²) in [5, 5.41) is 23.0. The molecule has 7 heteroatoms. The van der Waals surface area contributed by atoms with Gasteiger partial charge in [-0.1, -0.05) is 13.3 Å². The van der Waals surface area contributed by atoms with E-state index >= 15 is 0 Å². The van der Waals surface area contributed by atoms with Crippen LogP contribution < -0.4 is 4.90 Å². The summed E-state index contributed by atoms with van der Waals surface area (Å²) in [6, 6.07) is 4.01. The normalized spacial score (nSPS) is 16.9. The molecular formula is C13H16N6O. The van der Waals surface area contributed by atoms with Crippen molar-refractivity contribution in [2.75, 3.05) is 18.0 Å². The fourth-order valence-corrected chi connectivity index (χ4v) is 2.54. The van der Waals surface area contributed by atoms with Gasteiger partial charge in [-0.25, -0.2) is 4.98 Å². The van der Waals surface area contributed by atoms with Crippen LogP contribution in [0.3, 0.4) is 0 Å². The minimum absolute atomic E-state index is 0.150. The van der Waals surface area contributed by atoms with Crippen LogP contribution in [0.4, 0.5) is 5.82 Å². The maximum atomic E-state index is 10.1. The Morgan fingerprint density at radius 2 is 2.30 bits per heavy atom. The van der Waals surface area contributed by atoms with E-state index in [0.29, 0.717) is 18.9 Å². The van der Waals surface area contributed by atoms with Gasteiger partial charge in [0.25, 0.3) is 5.78 Å². The number of hydrogen-bond donors (Lipinski definition) is 1. The third-order valence-corrected chi connectivity index (χ3v) is 3.49. The van der Waals surface area contributed by atoms with Gasteiger partial charge in [0, 0.05) is 11.8 Å². The summed E-state index contributed by atoms with van der Waals surface area (Å²) in [6.07, 6.45) is 3.52. The van der Waals surface area contributed by atoms with Gasteiger partial charge >= 0.3 is 0 Å². The summed E-state index contributed by atoms with van der Waals surface area (Å²) in [7, 11) is 0. The van der Waals surface area contributed by atoms with Crippen molar-refractivity contribution in [1.29, 1.82) is 5.26 Å². The number of hydrogen-bond acceptors (Lipinski definition) is 6. The average molecular weight is 272 g/mol. The number of β-amino-alcohol motifs (C(OH)–C–C–N with tert-alkyl or cyclic N) is 1. The first-order valence-electron chi connectivity index (χ1n) is 6.69. The lowest BCUT2D eigenvalue weighted by atomic mass is 9.91. The van der Waals surface area contributed by atoms with Crippen LogP contribution in [0.15, 0.2) is 12.4 Å². The first-order valence-corrected chi connectivity index (χ1v) is 6.69. The number of aromatic nitrogens is 4. The van der Waals surface area contributed by atoms with Crippen LogP contribution >= 0.6 is 0 Å². The predicted octanol–water partition coefficient (Wildman–Crippen LogP) is 0.542. The van der Waals surface area contributed by atoms with E-state index in [-0.39, 0.29) is 6.42 Å². The van der Waals surface area contributed by atoms with Crippen LogP contribution in [-0.4, -0.2) is 43.4 Å². The van der Waals surface area contributed by atoms with Gasteiger partial charge in [0.1, 0.15) is 17.7 Å². The summed E-state index contributed by atoms with van der Waals surface area (Å²) in [5.74, 6) is 1.44. The summed E-state index contributed by atoms with van der Waals surface area (Å²) >= 11 is 0. The molecule has 7 nitrogen and oxygen atoms in total. The van der Waals surface area contributed by atoms with Crippen molar-refractivity contribution in [3.63, 3.8) is 0 Å². The third-order valence-electron chi connectivity index (χ3n) is 3.49. The Kier molecular flexibility index (Phi) is 3.03. The van der Waals surface area contributed by atoms with Crippen molar-refractivity contribution in [2.24, 2.45) is 0 Å². The van der Waals surface area contributed by atoms with Crippen molar-refractivity contribution < 1.29 is 5.11 Å². The van der Waals surface area contributed by atoms with E-state index in [4.69, 9.17) is 5.26 Å². The van der Waals surface area contributed by atoms with Crippen LogP contribution in [0, 0.1) is 11.3 Å². The van der Waals surface area contributed by atoms with Gasteiger partial charge in [0.2, 0.25) is 0 Å². The van der Waals surface area contributed by atoms with Gasteiger partial charge < -0.3 is 10.0 Å². The molecule has 0 spiro atoms. The number of fused-ring (bicyclic) bond motifs is 1. The SMILES string of the molecule is CCCc1cc(N2CC(O)(CC#N)C2)n2ncnc2n1. The summed E-state index contributed by atoms with van der Waals surface area (Å²) < 4.78 is 1.67. The third kappa shape index (κ3) is 2.08. The molecule has 0 saturated carbocycles. The molecule has 1 N–H and O–H groups in total. The molecular weight excluding hydrogens is 256 g/mol. The molecule has 0 aromatic carbocycles. The number of nitriles is 1. The van der Waals surface area contributed by atoms with Crippen molar-refractivity contribution in [1.82, 2.24) is 19.6 Å². The number of rotatable bonds is 4. The topological polar surface area (TPSA) is 90.3 Å². The van der Waals surface area contributed by atoms with Crippen molar-refractivity contribution >= 4 is 11.6 Å². The van der Waals surface area contributed by atoms with Crippen molar-refractivity contribution in [3.05, 3.63) is 18.1 Å². The summed E-state index contributed by atoms with van der Waals surface area (Å²) in [5.41, 5.74) is 0.0641. The van der Waals surface area contributed by atoms with E-state index < -0.39 is 5.60 Å². The van der Waals surface area contributed by atoms with Gasteiger partial charge in [-0.3, -0.25) is 0 Å². The predicted molar refractivity (Wildman–Crippen MR) is 72.2 cm³/mol. The Morgan fingerprint density at radius 3 is 3.00 bits per heavy atom. The molecule has 0 atom stereocenters. The number of nitrogens with zero attached hydrogens (tertiary/aromatic N) is 6. The van der Waals surface area contributed by atoms with Crippen LogP contribution in [-0.2, 0) is 6.42 Å². The van der Waals surface area contributed by atoms with E-state index in [1.54, 1.807) is 4.52 Å². The summed E-state index contributed by atoms with van der Waals surface area (Å²) in [4.78, 5) is 10.6. The summed E-state index contributed by atoms with van der Waals surface area (Å²) in [6.45, 7) is 2.97. The zero-order chi connectivity index (χ0) is 14.2. The average Bonchev–Trinajstić information content (AvgIpc) is 2.84. The van der Waals surface area contributed by atoms with E-state index in [1.807, 2.05) is 17.0 Å². The van der Waals surface area contributed by atoms with Crippen LogP contribution in [0.1, 0.15) is 25.5 Å². The highest BCUT2D eigenvalue weighted by atomic mass is 16.3. The molecule has 1 saturated heterocycles. The molecule has 2 aromatic rings. The molecule has 3 rings (SSSR count). The van der Waals surface area contributed by atoms with Gasteiger partial charge in [0.15, 0.2) is 0 Å². The molecule has 1 aliphatic rings. The lowest BCUT2D eigenvalue weighted by Crippen LogP contribution is -2.62. The number of aliphatic hydroxyl groups is 1. The Balaban J connectivity index is 1.92. The second-order valence-corrected chi connectivity index (χ2v) is 5.24. The molecule has 0 unspecified atom stereocenters. The maximum absolute atomic E-state index is 10.1. The number of anilines is 1. The van der Waals surface area contributed by atoms with Crippen LogP contribution in [0.5, 0.6) is 0 Å². The Hall–Kier alpha value is -2.20. The highest BCUT2D eigenvalue weighted by Crippen LogP contribution is 2.30. The van der Waals surface area contributed by atoms with Gasteiger partial charge in [-0.15, -0.1) is 0 Å². The zero-order valence-corrected chi connectivity index (χ0v) is 11.3. The molecule has 0 radical (unpaired) electrons. The molecule has 104 valence electrons. The second kappa shape index (κ2) is 4.72. The monoisotopic (exact) mass is 272 g/mol. The Morgan fingerprint density at radius 1 is 1.50 bits per heavy atom. The van der Waals surface area contributed by atoms with Crippen molar-refractivity contribution in [3.8, 4) is 6.07 Å². The quantitative estimate of drug-likeness (QED) is 0.873. The molecule has 0 amide bonds. The Bertz CT molecular complexity index is 667. The standard InChI is InChI=1S/C13H16N6O/c1-2-3-10-6-11(19-12(17-10)15-9-16-19)18-7-13(20,8-18)4-5-14/h6,9,20H,2-4,7-8H2,1H3. The van der Waals surface area contributed by atoms with Gasteiger partial charge in [-0.2, -0.15) is 19.9 Å². The lowest BCUT2D eigenvalue weighted by molar-refractivity contribution is 0.0159. The molecule has 1 fully saturated rings. The highest BCUT2D eigenvalue weighted by Gasteiger charge is 2.42.